The number of benzene rings is 2. The third kappa shape index (κ3) is 4.66. The van der Waals surface area contributed by atoms with E-state index in [-0.39, 0.29) is 11.8 Å². The molecule has 1 aliphatic rings. The Morgan fingerprint density at radius 2 is 2.00 bits per heavy atom. The first-order chi connectivity index (χ1) is 15.1. The Morgan fingerprint density at radius 3 is 2.81 bits per heavy atom. The van der Waals surface area contributed by atoms with Gasteiger partial charge in [-0.3, -0.25) is 4.79 Å². The zero-order valence-electron chi connectivity index (χ0n) is 18.5. The Kier molecular flexibility index (Phi) is 6.40. The first-order valence-corrected chi connectivity index (χ1v) is 11.1. The van der Waals surface area contributed by atoms with E-state index in [4.69, 9.17) is 9.72 Å². The molecule has 2 heterocycles. The Morgan fingerprint density at radius 1 is 1.16 bits per heavy atom. The number of carbonyl (C=O) groups excluding carboxylic acids is 1. The van der Waals surface area contributed by atoms with E-state index in [1.54, 1.807) is 6.08 Å². The summed E-state index contributed by atoms with van der Waals surface area (Å²) in [6.45, 7) is 10.9. The second-order valence-electron chi connectivity index (χ2n) is 8.40. The molecule has 0 bridgehead atoms. The Hall–Kier alpha value is -3.08. The van der Waals surface area contributed by atoms with Gasteiger partial charge in [-0.05, 0) is 62.1 Å². The second-order valence-corrected chi connectivity index (χ2v) is 8.40. The summed E-state index contributed by atoms with van der Waals surface area (Å²) in [7, 11) is 0. The fourth-order valence-corrected chi connectivity index (χ4v) is 4.28. The van der Waals surface area contributed by atoms with Gasteiger partial charge < -0.3 is 14.2 Å². The maximum absolute atomic E-state index is 12.4. The van der Waals surface area contributed by atoms with Crippen molar-refractivity contribution in [1.82, 2.24) is 14.5 Å². The predicted molar refractivity (Wildman–Crippen MR) is 125 cm³/mol. The van der Waals surface area contributed by atoms with E-state index in [1.165, 1.54) is 11.1 Å². The first kappa shape index (κ1) is 21.2. The van der Waals surface area contributed by atoms with Crippen LogP contribution in [0.25, 0.3) is 11.0 Å². The molecular weight excluding hydrogens is 386 g/mol. The average Bonchev–Trinajstić information content (AvgIpc) is 3.31. The number of fused-ring (bicyclic) bond motifs is 1. The van der Waals surface area contributed by atoms with Crippen molar-refractivity contribution in [3.05, 3.63) is 72.1 Å². The van der Waals surface area contributed by atoms with E-state index in [2.05, 4.69) is 55.3 Å². The van der Waals surface area contributed by atoms with Gasteiger partial charge in [-0.2, -0.15) is 0 Å². The fraction of sp³-hybridized carbons (Fsp3) is 0.385. The van der Waals surface area contributed by atoms with Crippen molar-refractivity contribution in [1.29, 1.82) is 0 Å². The molecule has 3 aromatic rings. The number of rotatable bonds is 9. The van der Waals surface area contributed by atoms with Crippen molar-refractivity contribution in [2.45, 2.75) is 45.6 Å². The maximum atomic E-state index is 12.4. The van der Waals surface area contributed by atoms with Crippen LogP contribution >= 0.6 is 0 Å². The lowest BCUT2D eigenvalue weighted by atomic mass is 10.1. The van der Waals surface area contributed by atoms with Gasteiger partial charge in [-0.15, -0.1) is 6.58 Å². The van der Waals surface area contributed by atoms with Crippen molar-refractivity contribution in [3.63, 3.8) is 0 Å². The molecule has 162 valence electrons. The van der Waals surface area contributed by atoms with Crippen molar-refractivity contribution in [2.75, 3.05) is 19.7 Å². The number of aryl methyl sites for hydroxylation is 3. The highest BCUT2D eigenvalue weighted by atomic mass is 16.5. The summed E-state index contributed by atoms with van der Waals surface area (Å²) in [6, 6.07) is 14.5. The van der Waals surface area contributed by atoms with E-state index in [0.717, 1.165) is 42.0 Å². The summed E-state index contributed by atoms with van der Waals surface area (Å²) >= 11 is 0. The molecule has 1 amide bonds. The lowest BCUT2D eigenvalue weighted by molar-refractivity contribution is -0.127. The smallest absolute Gasteiger partial charge is 0.223 e. The van der Waals surface area contributed by atoms with Gasteiger partial charge in [0.05, 0.1) is 17.6 Å². The molecular formula is C26H31N3O2. The number of carbonyl (C=O) groups is 1. The van der Waals surface area contributed by atoms with Crippen LogP contribution < -0.4 is 4.74 Å². The topological polar surface area (TPSA) is 47.4 Å². The van der Waals surface area contributed by atoms with E-state index < -0.39 is 0 Å². The monoisotopic (exact) mass is 417 g/mol. The molecule has 4 rings (SSSR count). The molecule has 0 N–H and O–H groups in total. The maximum Gasteiger partial charge on any atom is 0.223 e. The van der Waals surface area contributed by atoms with Gasteiger partial charge in [0.1, 0.15) is 11.6 Å². The van der Waals surface area contributed by atoms with Crippen molar-refractivity contribution < 1.29 is 9.53 Å². The highest BCUT2D eigenvalue weighted by molar-refractivity contribution is 5.81. The van der Waals surface area contributed by atoms with Gasteiger partial charge >= 0.3 is 0 Å². The number of hydrogen-bond donors (Lipinski definition) is 0. The number of aromatic nitrogens is 2. The Bertz CT molecular complexity index is 1090. The Labute approximate surface area is 184 Å². The molecule has 0 radical (unpaired) electrons. The van der Waals surface area contributed by atoms with Crippen LogP contribution in [0.5, 0.6) is 5.75 Å². The third-order valence-electron chi connectivity index (χ3n) is 6.14. The molecule has 5 heteroatoms. The van der Waals surface area contributed by atoms with Gasteiger partial charge in [0, 0.05) is 32.0 Å². The number of ether oxygens (including phenoxy) is 1. The lowest BCUT2D eigenvalue weighted by Crippen LogP contribution is -2.25. The van der Waals surface area contributed by atoms with Gasteiger partial charge in [0.15, 0.2) is 0 Å². The van der Waals surface area contributed by atoms with Gasteiger partial charge in [-0.1, -0.05) is 24.3 Å². The van der Waals surface area contributed by atoms with Gasteiger partial charge in [0.25, 0.3) is 0 Å². The zero-order chi connectivity index (χ0) is 21.8. The van der Waals surface area contributed by atoms with Crippen molar-refractivity contribution in [3.8, 4) is 5.75 Å². The molecule has 1 fully saturated rings. The lowest BCUT2D eigenvalue weighted by Gasteiger charge is -2.16. The predicted octanol–water partition coefficient (Wildman–Crippen LogP) is 5.01. The minimum absolute atomic E-state index is 0.131. The number of amides is 1. The molecule has 5 nitrogen and oxygen atoms in total. The average molecular weight is 418 g/mol. The summed E-state index contributed by atoms with van der Waals surface area (Å²) in [5.41, 5.74) is 4.67. The minimum atomic E-state index is 0.131. The SMILES string of the molecule is C=CCN1CC(c2nc3ccccc3n2CCCCOc2ccc(C)c(C)c2)CC1=O. The van der Waals surface area contributed by atoms with Crippen LogP contribution in [0.1, 0.15) is 42.1 Å². The highest BCUT2D eigenvalue weighted by Crippen LogP contribution is 2.30. The van der Waals surface area contributed by atoms with Crippen LogP contribution in [-0.2, 0) is 11.3 Å². The van der Waals surface area contributed by atoms with E-state index in [0.29, 0.717) is 26.1 Å². The first-order valence-electron chi connectivity index (χ1n) is 11.1. The van der Waals surface area contributed by atoms with Gasteiger partial charge in [-0.25, -0.2) is 4.98 Å². The molecule has 0 aliphatic carbocycles. The number of para-hydroxylation sites is 2. The molecule has 31 heavy (non-hydrogen) atoms. The largest absolute Gasteiger partial charge is 0.494 e. The number of unbranched alkanes of at least 4 members (excludes halogenated alkanes) is 1. The number of nitrogens with zero attached hydrogens (tertiary/aromatic N) is 3. The van der Waals surface area contributed by atoms with Crippen LogP contribution in [0, 0.1) is 13.8 Å². The third-order valence-corrected chi connectivity index (χ3v) is 6.14. The molecule has 0 spiro atoms. The number of likely N-dealkylation sites (tertiary alicyclic amines) is 1. The molecule has 1 atom stereocenters. The normalized spacial score (nSPS) is 16.3. The molecule has 1 saturated heterocycles. The summed E-state index contributed by atoms with van der Waals surface area (Å²) in [5.74, 6) is 2.27. The van der Waals surface area contributed by atoms with E-state index >= 15 is 0 Å². The molecule has 1 unspecified atom stereocenters. The summed E-state index contributed by atoms with van der Waals surface area (Å²) in [6.07, 6.45) is 4.27. The molecule has 1 aromatic heterocycles. The Balaban J connectivity index is 1.42. The highest BCUT2D eigenvalue weighted by Gasteiger charge is 2.33. The van der Waals surface area contributed by atoms with E-state index in [9.17, 15) is 4.79 Å². The molecule has 1 aliphatic heterocycles. The van der Waals surface area contributed by atoms with Crippen molar-refractivity contribution >= 4 is 16.9 Å². The molecule has 0 saturated carbocycles. The van der Waals surface area contributed by atoms with Crippen LogP contribution in [0.15, 0.2) is 55.1 Å². The number of hydrogen-bond acceptors (Lipinski definition) is 3. The summed E-state index contributed by atoms with van der Waals surface area (Å²) in [5, 5.41) is 0. The van der Waals surface area contributed by atoms with Crippen LogP contribution in [0.4, 0.5) is 0 Å². The van der Waals surface area contributed by atoms with Crippen LogP contribution in [0.3, 0.4) is 0 Å². The van der Waals surface area contributed by atoms with Crippen molar-refractivity contribution in [2.24, 2.45) is 0 Å². The second kappa shape index (κ2) is 9.38. The zero-order valence-corrected chi connectivity index (χ0v) is 18.5. The quantitative estimate of drug-likeness (QED) is 0.363. The number of imidazole rings is 1. The fourth-order valence-electron chi connectivity index (χ4n) is 4.28. The minimum Gasteiger partial charge on any atom is -0.494 e. The van der Waals surface area contributed by atoms with E-state index in [1.807, 2.05) is 17.0 Å². The van der Waals surface area contributed by atoms with Crippen LogP contribution in [0.2, 0.25) is 0 Å². The summed E-state index contributed by atoms with van der Waals surface area (Å²) in [4.78, 5) is 19.2. The van der Waals surface area contributed by atoms with Crippen LogP contribution in [-0.4, -0.2) is 40.1 Å². The summed E-state index contributed by atoms with van der Waals surface area (Å²) < 4.78 is 8.25. The molecule has 2 aromatic carbocycles. The van der Waals surface area contributed by atoms with Gasteiger partial charge in [0.2, 0.25) is 5.91 Å². The standard InChI is InChI=1S/C26H31N3O2/c1-4-13-28-18-21(17-25(28)30)26-27-23-9-5-6-10-24(23)29(26)14-7-8-15-31-22-12-11-19(2)20(3)16-22/h4-6,9-12,16,21H,1,7-8,13-15,17-18H2,2-3H3.